The Bertz CT molecular complexity index is 1210. The summed E-state index contributed by atoms with van der Waals surface area (Å²) in [6, 6.07) is 3.09. The number of anilines is 3. The number of halogens is 5. The number of alkyl halides is 5. The second-order valence-corrected chi connectivity index (χ2v) is 9.07. The normalized spacial score (nSPS) is 16.6. The van der Waals surface area contributed by atoms with E-state index in [2.05, 4.69) is 30.0 Å². The molecule has 0 bridgehead atoms. The van der Waals surface area contributed by atoms with E-state index in [-0.39, 0.29) is 23.8 Å². The van der Waals surface area contributed by atoms with Crippen molar-refractivity contribution in [3.63, 3.8) is 0 Å². The molecule has 1 aliphatic rings. The maximum Gasteiger partial charge on any atom is 0.401 e. The van der Waals surface area contributed by atoms with E-state index in [1.54, 1.807) is 13.0 Å². The summed E-state index contributed by atoms with van der Waals surface area (Å²) in [5.41, 5.74) is 0.566. The molecule has 3 aromatic rings. The molecule has 1 unspecified atom stereocenters. The minimum Gasteiger partial charge on any atom is -0.473 e. The lowest BCUT2D eigenvalue weighted by Gasteiger charge is -2.32. The molecule has 198 valence electrons. The Morgan fingerprint density at radius 2 is 2.03 bits per heavy atom. The van der Waals surface area contributed by atoms with Crippen LogP contribution in [-0.2, 0) is 0 Å². The van der Waals surface area contributed by atoms with Crippen LogP contribution in [0.5, 0.6) is 5.88 Å². The molecule has 3 aromatic heterocycles. The van der Waals surface area contributed by atoms with Gasteiger partial charge < -0.3 is 15.4 Å². The van der Waals surface area contributed by atoms with Crippen molar-refractivity contribution in [2.45, 2.75) is 38.5 Å². The van der Waals surface area contributed by atoms with Gasteiger partial charge in [0.05, 0.1) is 42.1 Å². The summed E-state index contributed by atoms with van der Waals surface area (Å²) < 4.78 is 73.3. The second kappa shape index (κ2) is 11.3. The summed E-state index contributed by atoms with van der Waals surface area (Å²) in [6.45, 7) is 1.17. The second-order valence-electron chi connectivity index (χ2n) is 8.30. The molecule has 1 atom stereocenters. The van der Waals surface area contributed by atoms with Gasteiger partial charge in [-0.05, 0) is 43.9 Å². The Morgan fingerprint density at radius 3 is 2.68 bits per heavy atom. The van der Waals surface area contributed by atoms with Crippen LogP contribution in [0.1, 0.15) is 41.0 Å². The van der Waals surface area contributed by atoms with Gasteiger partial charge in [0, 0.05) is 12.6 Å². The monoisotopic (exact) mass is 543 g/mol. The number of hydrogen-bond acceptors (Lipinski definition) is 9. The summed E-state index contributed by atoms with van der Waals surface area (Å²) in [5, 5.41) is 5.92. The molecule has 0 aliphatic carbocycles. The summed E-state index contributed by atoms with van der Waals surface area (Å²) in [5.74, 6) is -0.0864. The predicted octanol–water partition coefficient (Wildman–Crippen LogP) is 4.98. The quantitative estimate of drug-likeness (QED) is 0.384. The zero-order chi connectivity index (χ0) is 26.6. The topological polar surface area (TPSA) is 105 Å². The largest absolute Gasteiger partial charge is 0.473 e. The number of piperidine rings is 1. The third-order valence-electron chi connectivity index (χ3n) is 5.37. The maximum atomic E-state index is 12.9. The average molecular weight is 544 g/mol. The first-order chi connectivity index (χ1) is 17.6. The smallest absolute Gasteiger partial charge is 0.401 e. The van der Waals surface area contributed by atoms with Crippen LogP contribution in [0.4, 0.5) is 38.5 Å². The number of carbonyl (C=O) groups excluding carboxylic acids is 1. The maximum absolute atomic E-state index is 12.9. The van der Waals surface area contributed by atoms with Gasteiger partial charge in [-0.25, -0.2) is 23.7 Å². The molecule has 15 heteroatoms. The molecule has 2 N–H and O–H groups in total. The van der Waals surface area contributed by atoms with Crippen molar-refractivity contribution in [1.82, 2.24) is 24.2 Å². The van der Waals surface area contributed by atoms with E-state index in [1.807, 2.05) is 0 Å². The van der Waals surface area contributed by atoms with Gasteiger partial charge in [0.1, 0.15) is 22.6 Å². The third-order valence-corrected chi connectivity index (χ3v) is 6.23. The van der Waals surface area contributed by atoms with Crippen LogP contribution in [0, 0.1) is 6.92 Å². The Hall–Kier alpha value is -3.46. The van der Waals surface area contributed by atoms with Gasteiger partial charge in [0.25, 0.3) is 12.3 Å². The lowest BCUT2D eigenvalue weighted by atomic mass is 10.1. The van der Waals surface area contributed by atoms with Crippen LogP contribution in [0.2, 0.25) is 0 Å². The number of amides is 1. The number of carbonyl (C=O) groups is 1. The van der Waals surface area contributed by atoms with Crippen molar-refractivity contribution >= 4 is 33.9 Å². The molecule has 0 spiro atoms. The number of likely N-dealkylation sites (tertiary alicyclic amines) is 1. The van der Waals surface area contributed by atoms with Crippen LogP contribution < -0.4 is 15.4 Å². The number of aromatic nitrogens is 4. The van der Waals surface area contributed by atoms with Crippen LogP contribution in [0.3, 0.4) is 0 Å². The fourth-order valence-electron chi connectivity index (χ4n) is 3.75. The molecule has 1 fully saturated rings. The van der Waals surface area contributed by atoms with E-state index in [0.717, 1.165) is 23.9 Å². The van der Waals surface area contributed by atoms with Crippen molar-refractivity contribution in [3.8, 4) is 5.88 Å². The summed E-state index contributed by atoms with van der Waals surface area (Å²) in [6.07, 6.45) is -2.78. The minimum atomic E-state index is -4.27. The SMILES string of the molecule is Cc1nsc(Nc2cnc(C(F)F)cn2)c1C(=O)Nc1ccc(OC2CCCN(CC(F)(F)F)C2)nc1. The van der Waals surface area contributed by atoms with E-state index in [1.165, 1.54) is 17.2 Å². The van der Waals surface area contributed by atoms with Crippen LogP contribution in [0.15, 0.2) is 30.7 Å². The summed E-state index contributed by atoms with van der Waals surface area (Å²) in [7, 11) is 0. The Labute approximate surface area is 212 Å². The summed E-state index contributed by atoms with van der Waals surface area (Å²) in [4.78, 5) is 25.9. The number of rotatable bonds is 8. The van der Waals surface area contributed by atoms with Crippen molar-refractivity contribution in [2.24, 2.45) is 0 Å². The van der Waals surface area contributed by atoms with Crippen molar-refractivity contribution in [2.75, 3.05) is 30.3 Å². The molecule has 4 rings (SSSR count). The van der Waals surface area contributed by atoms with Crippen molar-refractivity contribution in [1.29, 1.82) is 0 Å². The van der Waals surface area contributed by atoms with Crippen molar-refractivity contribution in [3.05, 3.63) is 47.7 Å². The zero-order valence-corrected chi connectivity index (χ0v) is 20.2. The number of nitrogens with zero attached hydrogens (tertiary/aromatic N) is 5. The molecule has 9 nitrogen and oxygen atoms in total. The molecule has 1 saturated heterocycles. The van der Waals surface area contributed by atoms with E-state index in [9.17, 15) is 26.7 Å². The van der Waals surface area contributed by atoms with E-state index >= 15 is 0 Å². The van der Waals surface area contributed by atoms with E-state index < -0.39 is 36.9 Å². The first-order valence-corrected chi connectivity index (χ1v) is 11.9. The predicted molar refractivity (Wildman–Crippen MR) is 125 cm³/mol. The standard InChI is InChI=1S/C22H22F5N7O2S/c1-12-18(21(37-33-12)32-16-9-28-15(8-29-16)19(23)24)20(35)31-13-4-5-17(30-7-13)36-14-3-2-6-34(10-14)11-22(25,26)27/h4-5,7-9,14,19H,2-3,6,10-11H2,1H3,(H,29,32)(H,31,35). The van der Waals surface area contributed by atoms with Gasteiger partial charge >= 0.3 is 6.18 Å². The molecule has 0 radical (unpaired) electrons. The number of nitrogens with one attached hydrogen (secondary N) is 2. The van der Waals surface area contributed by atoms with Crippen molar-refractivity contribution < 1.29 is 31.5 Å². The fraction of sp³-hybridized carbons (Fsp3) is 0.409. The number of pyridine rings is 1. The minimum absolute atomic E-state index is 0.148. The molecular weight excluding hydrogens is 521 g/mol. The zero-order valence-electron chi connectivity index (χ0n) is 19.4. The number of aryl methyl sites for hydroxylation is 1. The Kier molecular flexibility index (Phi) is 8.12. The lowest BCUT2D eigenvalue weighted by Crippen LogP contribution is -2.45. The van der Waals surface area contributed by atoms with Crippen LogP contribution >= 0.6 is 11.5 Å². The van der Waals surface area contributed by atoms with Gasteiger partial charge in [-0.3, -0.25) is 9.69 Å². The molecule has 0 aromatic carbocycles. The fourth-order valence-corrected chi connectivity index (χ4v) is 4.55. The highest BCUT2D eigenvalue weighted by Gasteiger charge is 2.33. The van der Waals surface area contributed by atoms with Gasteiger partial charge in [-0.2, -0.15) is 17.5 Å². The average Bonchev–Trinajstić information content (AvgIpc) is 3.19. The van der Waals surface area contributed by atoms with E-state index in [0.29, 0.717) is 35.8 Å². The number of ether oxygens (including phenoxy) is 1. The summed E-state index contributed by atoms with van der Waals surface area (Å²) >= 11 is 0.998. The molecular formula is C22H22F5N7O2S. The first-order valence-electron chi connectivity index (χ1n) is 11.1. The number of hydrogen-bond donors (Lipinski definition) is 2. The van der Waals surface area contributed by atoms with Gasteiger partial charge in [-0.1, -0.05) is 0 Å². The highest BCUT2D eigenvalue weighted by molar-refractivity contribution is 7.10. The molecule has 0 saturated carbocycles. The van der Waals surface area contributed by atoms with Gasteiger partial charge in [-0.15, -0.1) is 0 Å². The van der Waals surface area contributed by atoms with Gasteiger partial charge in [0.15, 0.2) is 0 Å². The molecule has 4 heterocycles. The van der Waals surface area contributed by atoms with Crippen LogP contribution in [0.25, 0.3) is 0 Å². The molecule has 37 heavy (non-hydrogen) atoms. The van der Waals surface area contributed by atoms with Gasteiger partial charge in [0.2, 0.25) is 5.88 Å². The van der Waals surface area contributed by atoms with E-state index in [4.69, 9.17) is 4.74 Å². The first kappa shape index (κ1) is 26.6. The molecule has 1 aliphatic heterocycles. The Morgan fingerprint density at radius 1 is 1.22 bits per heavy atom. The highest BCUT2D eigenvalue weighted by Crippen LogP contribution is 2.29. The molecule has 1 amide bonds. The lowest BCUT2D eigenvalue weighted by molar-refractivity contribution is -0.150. The third kappa shape index (κ3) is 7.29. The highest BCUT2D eigenvalue weighted by atomic mass is 32.1. The van der Waals surface area contributed by atoms with Crippen LogP contribution in [-0.4, -0.2) is 62.0 Å². The Balaban J connectivity index is 1.36.